The second-order valence-electron chi connectivity index (χ2n) is 10.4. The third kappa shape index (κ3) is 3.50. The topological polar surface area (TPSA) is 36.7 Å². The molecular weight excluding hydrogens is 484 g/mol. The SMILES string of the molecule is N=C/C=C\c1ccc2ccc(-c3ccc(-c4ccc5c6c(cccc46)-c4cc6ccccc6cc4-5)cc3)nc2c1. The highest BCUT2D eigenvalue weighted by atomic mass is 14.7. The van der Waals surface area contributed by atoms with Gasteiger partial charge in [-0.15, -0.1) is 0 Å². The molecule has 8 rings (SSSR count). The zero-order valence-electron chi connectivity index (χ0n) is 21.7. The van der Waals surface area contributed by atoms with Crippen molar-refractivity contribution in [3.8, 4) is 44.6 Å². The van der Waals surface area contributed by atoms with Crippen LogP contribution in [-0.4, -0.2) is 11.2 Å². The van der Waals surface area contributed by atoms with Crippen LogP contribution in [0.5, 0.6) is 0 Å². The van der Waals surface area contributed by atoms with Gasteiger partial charge in [-0.1, -0.05) is 103 Å². The second kappa shape index (κ2) is 8.86. The molecule has 0 aliphatic heterocycles. The van der Waals surface area contributed by atoms with Crippen LogP contribution in [0.1, 0.15) is 5.56 Å². The Morgan fingerprint density at radius 1 is 0.525 bits per heavy atom. The number of fused-ring (bicyclic) bond motifs is 5. The van der Waals surface area contributed by atoms with Crippen LogP contribution in [0, 0.1) is 5.41 Å². The molecule has 0 bridgehead atoms. The maximum atomic E-state index is 7.24. The molecule has 1 aromatic heterocycles. The molecule has 6 aromatic carbocycles. The third-order valence-electron chi connectivity index (χ3n) is 8.10. The quantitative estimate of drug-likeness (QED) is 0.236. The van der Waals surface area contributed by atoms with Gasteiger partial charge in [0.1, 0.15) is 0 Å². The number of nitrogens with one attached hydrogen (secondary N) is 1. The van der Waals surface area contributed by atoms with Crippen molar-refractivity contribution in [2.75, 3.05) is 0 Å². The number of hydrogen-bond donors (Lipinski definition) is 1. The Kier molecular flexibility index (Phi) is 5.01. The van der Waals surface area contributed by atoms with Crippen LogP contribution in [-0.2, 0) is 0 Å². The monoisotopic (exact) mass is 508 g/mol. The molecular formula is C38H24N2. The van der Waals surface area contributed by atoms with E-state index in [1.54, 1.807) is 6.08 Å². The Balaban J connectivity index is 1.20. The summed E-state index contributed by atoms with van der Waals surface area (Å²) in [5.41, 5.74) is 11.8. The maximum absolute atomic E-state index is 7.24. The molecule has 0 saturated heterocycles. The Bertz CT molecular complexity index is 2120. The van der Waals surface area contributed by atoms with Crippen LogP contribution in [0.2, 0.25) is 0 Å². The van der Waals surface area contributed by atoms with Crippen LogP contribution in [0.4, 0.5) is 0 Å². The highest BCUT2D eigenvalue weighted by Gasteiger charge is 2.23. The molecule has 7 aromatic rings. The molecule has 0 radical (unpaired) electrons. The number of hydrogen-bond acceptors (Lipinski definition) is 2. The molecule has 0 spiro atoms. The predicted octanol–water partition coefficient (Wildman–Crippen LogP) is 10.2. The lowest BCUT2D eigenvalue weighted by molar-refractivity contribution is 1.40. The van der Waals surface area contributed by atoms with Gasteiger partial charge in [-0.05, 0) is 90.8 Å². The van der Waals surface area contributed by atoms with E-state index in [-0.39, 0.29) is 0 Å². The zero-order chi connectivity index (χ0) is 26.6. The van der Waals surface area contributed by atoms with Crippen molar-refractivity contribution < 1.29 is 0 Å². The predicted molar refractivity (Wildman–Crippen MR) is 170 cm³/mol. The molecule has 1 aliphatic carbocycles. The molecule has 1 aliphatic rings. The lowest BCUT2D eigenvalue weighted by Gasteiger charge is -2.11. The highest BCUT2D eigenvalue weighted by molar-refractivity contribution is 6.20. The minimum atomic E-state index is 0.952. The van der Waals surface area contributed by atoms with E-state index in [1.165, 1.54) is 61.1 Å². The summed E-state index contributed by atoms with van der Waals surface area (Å²) in [6, 6.07) is 43.8. The van der Waals surface area contributed by atoms with Crippen molar-refractivity contribution in [3.05, 3.63) is 133 Å². The molecule has 186 valence electrons. The van der Waals surface area contributed by atoms with Gasteiger partial charge in [-0.25, -0.2) is 4.98 Å². The van der Waals surface area contributed by atoms with Crippen molar-refractivity contribution in [1.29, 1.82) is 5.41 Å². The molecule has 0 amide bonds. The van der Waals surface area contributed by atoms with Gasteiger partial charge in [0.15, 0.2) is 0 Å². The summed E-state index contributed by atoms with van der Waals surface area (Å²) < 4.78 is 0. The molecule has 0 unspecified atom stereocenters. The Morgan fingerprint density at radius 3 is 2.00 bits per heavy atom. The number of benzene rings is 6. The van der Waals surface area contributed by atoms with Crippen LogP contribution in [0.15, 0.2) is 127 Å². The van der Waals surface area contributed by atoms with Crippen LogP contribution in [0.25, 0.3) is 83.2 Å². The summed E-state index contributed by atoms with van der Waals surface area (Å²) in [4.78, 5) is 4.95. The number of aromatic nitrogens is 1. The molecule has 1 N–H and O–H groups in total. The number of pyridine rings is 1. The maximum Gasteiger partial charge on any atom is 0.0715 e. The third-order valence-corrected chi connectivity index (χ3v) is 8.10. The molecule has 40 heavy (non-hydrogen) atoms. The zero-order valence-corrected chi connectivity index (χ0v) is 21.7. The smallest absolute Gasteiger partial charge is 0.0715 e. The number of rotatable bonds is 4. The van der Waals surface area contributed by atoms with E-state index in [4.69, 9.17) is 10.4 Å². The minimum Gasteiger partial charge on any atom is -0.309 e. The second-order valence-corrected chi connectivity index (χ2v) is 10.4. The van der Waals surface area contributed by atoms with Crippen molar-refractivity contribution in [3.63, 3.8) is 0 Å². The van der Waals surface area contributed by atoms with E-state index in [0.29, 0.717) is 0 Å². The van der Waals surface area contributed by atoms with Gasteiger partial charge in [0.05, 0.1) is 11.2 Å². The lowest BCUT2D eigenvalue weighted by Crippen LogP contribution is -1.87. The molecule has 0 saturated carbocycles. The van der Waals surface area contributed by atoms with Crippen molar-refractivity contribution in [2.24, 2.45) is 0 Å². The molecule has 0 atom stereocenters. The molecule has 0 fully saturated rings. The number of allylic oxidation sites excluding steroid dienone is 1. The minimum absolute atomic E-state index is 0.952. The van der Waals surface area contributed by atoms with Crippen LogP contribution >= 0.6 is 0 Å². The number of nitrogens with zero attached hydrogens (tertiary/aromatic N) is 1. The van der Waals surface area contributed by atoms with Crippen LogP contribution in [0.3, 0.4) is 0 Å². The normalized spacial score (nSPS) is 12.0. The van der Waals surface area contributed by atoms with E-state index in [0.717, 1.165) is 27.7 Å². The average molecular weight is 509 g/mol. The molecule has 2 heteroatoms. The fraction of sp³-hybridized carbons (Fsp3) is 0. The van der Waals surface area contributed by atoms with Crippen molar-refractivity contribution in [1.82, 2.24) is 4.98 Å². The summed E-state index contributed by atoms with van der Waals surface area (Å²) in [5, 5.41) is 13.5. The van der Waals surface area contributed by atoms with Gasteiger partial charge in [-0.3, -0.25) is 0 Å². The van der Waals surface area contributed by atoms with Gasteiger partial charge in [0, 0.05) is 17.2 Å². The van der Waals surface area contributed by atoms with Gasteiger partial charge in [0.2, 0.25) is 0 Å². The van der Waals surface area contributed by atoms with Gasteiger partial charge >= 0.3 is 0 Å². The van der Waals surface area contributed by atoms with E-state index in [2.05, 4.69) is 121 Å². The molecule has 1 heterocycles. The van der Waals surface area contributed by atoms with E-state index in [9.17, 15) is 0 Å². The first-order valence-electron chi connectivity index (χ1n) is 13.5. The van der Waals surface area contributed by atoms with Gasteiger partial charge < -0.3 is 5.41 Å². The summed E-state index contributed by atoms with van der Waals surface area (Å²) >= 11 is 0. The first kappa shape index (κ1) is 22.6. The summed E-state index contributed by atoms with van der Waals surface area (Å²) in [6.07, 6.45) is 4.94. The lowest BCUT2D eigenvalue weighted by atomic mass is 9.93. The fourth-order valence-electron chi connectivity index (χ4n) is 6.17. The van der Waals surface area contributed by atoms with Gasteiger partial charge in [0.25, 0.3) is 0 Å². The Labute approximate surface area is 232 Å². The summed E-state index contributed by atoms with van der Waals surface area (Å²) in [5.74, 6) is 0. The Morgan fingerprint density at radius 2 is 1.23 bits per heavy atom. The van der Waals surface area contributed by atoms with E-state index < -0.39 is 0 Å². The van der Waals surface area contributed by atoms with Gasteiger partial charge in [-0.2, -0.15) is 0 Å². The van der Waals surface area contributed by atoms with E-state index >= 15 is 0 Å². The Hall–Kier alpha value is -5.34. The first-order valence-corrected chi connectivity index (χ1v) is 13.5. The van der Waals surface area contributed by atoms with Crippen LogP contribution < -0.4 is 0 Å². The fourth-order valence-corrected chi connectivity index (χ4v) is 6.17. The van der Waals surface area contributed by atoms with E-state index in [1.807, 2.05) is 6.08 Å². The largest absolute Gasteiger partial charge is 0.309 e. The standard InChI is InChI=1S/C38H24N2/c39-20-4-5-24-10-11-27-16-19-36(40-37(27)21-24)26-14-12-25(13-15-26)30-17-18-33-35-23-29-7-2-1-6-28(29)22-34(35)32-9-3-8-31(30)38(32)33/h1-23,39H/b5-4-,39-20?. The average Bonchev–Trinajstić information content (AvgIpc) is 3.32. The summed E-state index contributed by atoms with van der Waals surface area (Å²) in [6.45, 7) is 0. The molecule has 2 nitrogen and oxygen atoms in total. The summed E-state index contributed by atoms with van der Waals surface area (Å²) in [7, 11) is 0. The highest BCUT2D eigenvalue weighted by Crippen LogP contribution is 2.50. The van der Waals surface area contributed by atoms with Crippen molar-refractivity contribution in [2.45, 2.75) is 0 Å². The van der Waals surface area contributed by atoms with Crippen molar-refractivity contribution >= 4 is 44.7 Å². The first-order chi connectivity index (χ1) is 19.8.